The summed E-state index contributed by atoms with van der Waals surface area (Å²) < 4.78 is 5.22. The molecule has 0 atom stereocenters. The molecule has 0 bridgehead atoms. The molecule has 0 aromatic carbocycles. The zero-order valence-corrected chi connectivity index (χ0v) is 10.0. The van der Waals surface area contributed by atoms with Crippen molar-refractivity contribution in [3.8, 4) is 0 Å². The molecular weight excluding hydrogens is 232 g/mol. The maximum Gasteiger partial charge on any atom is 0.250 e. The first kappa shape index (κ1) is 12.4. The molecule has 1 aliphatic rings. The minimum absolute atomic E-state index is 0.223. The van der Waals surface area contributed by atoms with Crippen molar-refractivity contribution < 1.29 is 9.53 Å². The molecule has 0 saturated carbocycles. The van der Waals surface area contributed by atoms with Gasteiger partial charge in [-0.25, -0.2) is 4.98 Å². The Hall–Kier alpha value is -2.08. The molecule has 1 fully saturated rings. The normalized spacial score (nSPS) is 15.9. The predicted molar refractivity (Wildman–Crippen MR) is 68.8 cm³/mol. The Morgan fingerprint density at radius 3 is 3.00 bits per heavy atom. The average Bonchev–Trinajstić information content (AvgIpc) is 2.38. The number of aromatic nitrogens is 1. The second kappa shape index (κ2) is 6.02. The van der Waals surface area contributed by atoms with Crippen LogP contribution in [0.25, 0.3) is 0 Å². The summed E-state index contributed by atoms with van der Waals surface area (Å²) in [5.74, 6) is 0.228. The third-order valence-corrected chi connectivity index (χ3v) is 2.52. The van der Waals surface area contributed by atoms with Crippen LogP contribution < -0.4 is 11.1 Å². The van der Waals surface area contributed by atoms with E-state index in [9.17, 15) is 4.79 Å². The molecule has 3 N–H and O–H groups in total. The minimum atomic E-state index is -0.223. The van der Waals surface area contributed by atoms with Crippen LogP contribution in [0.1, 0.15) is 0 Å². The van der Waals surface area contributed by atoms with Gasteiger partial charge in [0, 0.05) is 43.3 Å². The quantitative estimate of drug-likeness (QED) is 0.759. The lowest BCUT2D eigenvalue weighted by Gasteiger charge is -2.24. The molecule has 2 rings (SSSR count). The van der Waals surface area contributed by atoms with Crippen molar-refractivity contribution in [3.63, 3.8) is 0 Å². The highest BCUT2D eigenvalue weighted by atomic mass is 16.5. The fraction of sp³-hybridized carbons (Fsp3) is 0.333. The van der Waals surface area contributed by atoms with E-state index in [1.807, 2.05) is 4.90 Å². The molecule has 6 heteroatoms. The van der Waals surface area contributed by atoms with Crippen LogP contribution in [0.5, 0.6) is 0 Å². The van der Waals surface area contributed by atoms with Gasteiger partial charge in [-0.1, -0.05) is 0 Å². The van der Waals surface area contributed by atoms with Crippen LogP contribution in [0.2, 0.25) is 0 Å². The van der Waals surface area contributed by atoms with Gasteiger partial charge in [0.05, 0.1) is 13.2 Å². The molecule has 0 spiro atoms. The topological polar surface area (TPSA) is 80.5 Å². The van der Waals surface area contributed by atoms with Crippen LogP contribution in [-0.4, -0.2) is 42.1 Å². The van der Waals surface area contributed by atoms with Gasteiger partial charge in [0.15, 0.2) is 0 Å². The van der Waals surface area contributed by atoms with E-state index in [-0.39, 0.29) is 5.91 Å². The smallest absolute Gasteiger partial charge is 0.250 e. The van der Waals surface area contributed by atoms with Gasteiger partial charge < -0.3 is 20.7 Å². The second-order valence-electron chi connectivity index (χ2n) is 3.93. The number of pyridine rings is 1. The van der Waals surface area contributed by atoms with Gasteiger partial charge in [-0.15, -0.1) is 0 Å². The van der Waals surface area contributed by atoms with E-state index in [1.165, 1.54) is 6.08 Å². The van der Waals surface area contributed by atoms with Gasteiger partial charge >= 0.3 is 0 Å². The first-order valence-corrected chi connectivity index (χ1v) is 5.76. The van der Waals surface area contributed by atoms with Crippen LogP contribution in [0.4, 0.5) is 11.5 Å². The summed E-state index contributed by atoms with van der Waals surface area (Å²) in [6, 6.07) is 3.28. The number of carbonyl (C=O) groups is 1. The predicted octanol–water partition coefficient (Wildman–Crippen LogP) is 0.448. The van der Waals surface area contributed by atoms with E-state index in [1.54, 1.807) is 24.5 Å². The third kappa shape index (κ3) is 3.74. The lowest BCUT2D eigenvalue weighted by Crippen LogP contribution is -2.32. The third-order valence-electron chi connectivity index (χ3n) is 2.52. The maximum atomic E-state index is 11.6. The van der Waals surface area contributed by atoms with Crippen molar-refractivity contribution in [2.45, 2.75) is 0 Å². The number of nitrogens with zero attached hydrogens (tertiary/aromatic N) is 2. The summed E-state index contributed by atoms with van der Waals surface area (Å²) >= 11 is 0. The van der Waals surface area contributed by atoms with Gasteiger partial charge in [-0.3, -0.25) is 4.79 Å². The molecule has 0 aliphatic carbocycles. The highest BCUT2D eigenvalue weighted by Gasteiger charge is 2.06. The Kier molecular flexibility index (Phi) is 4.14. The van der Waals surface area contributed by atoms with Crippen LogP contribution in [-0.2, 0) is 9.53 Å². The number of nitrogens with two attached hydrogens (primary N) is 1. The zero-order chi connectivity index (χ0) is 12.8. The van der Waals surface area contributed by atoms with Crippen molar-refractivity contribution in [1.29, 1.82) is 0 Å². The second-order valence-corrected chi connectivity index (χ2v) is 3.93. The van der Waals surface area contributed by atoms with Crippen LogP contribution in [0.15, 0.2) is 30.6 Å². The molecule has 18 heavy (non-hydrogen) atoms. The number of morpholine rings is 1. The minimum Gasteiger partial charge on any atom is -0.399 e. The van der Waals surface area contributed by atoms with Crippen LogP contribution in [0.3, 0.4) is 0 Å². The first-order chi connectivity index (χ1) is 8.74. The molecule has 0 radical (unpaired) electrons. The first-order valence-electron chi connectivity index (χ1n) is 5.76. The lowest BCUT2D eigenvalue weighted by atomic mass is 10.4. The molecule has 1 amide bonds. The SMILES string of the molecule is Nc1ccnc(NC(=O)C=CN2CCOCC2)c1. The summed E-state index contributed by atoms with van der Waals surface area (Å²) in [6.45, 7) is 3.01. The highest BCUT2D eigenvalue weighted by molar-refractivity contribution is 5.98. The monoisotopic (exact) mass is 248 g/mol. The number of nitrogen functional groups attached to an aromatic ring is 1. The number of amides is 1. The highest BCUT2D eigenvalue weighted by Crippen LogP contribution is 2.07. The number of nitrogens with one attached hydrogen (secondary N) is 1. The lowest BCUT2D eigenvalue weighted by molar-refractivity contribution is -0.112. The van der Waals surface area contributed by atoms with Crippen molar-refractivity contribution in [2.24, 2.45) is 0 Å². The molecule has 0 unspecified atom stereocenters. The van der Waals surface area contributed by atoms with Gasteiger partial charge in [-0.05, 0) is 6.07 Å². The molecule has 96 valence electrons. The number of rotatable bonds is 3. The van der Waals surface area contributed by atoms with E-state index >= 15 is 0 Å². The Balaban J connectivity index is 1.86. The largest absolute Gasteiger partial charge is 0.399 e. The van der Waals surface area contributed by atoms with Crippen molar-refractivity contribution in [3.05, 3.63) is 30.6 Å². The Morgan fingerprint density at radius 2 is 2.28 bits per heavy atom. The van der Waals surface area contributed by atoms with Crippen LogP contribution >= 0.6 is 0 Å². The van der Waals surface area contributed by atoms with Crippen molar-refractivity contribution in [1.82, 2.24) is 9.88 Å². The standard InChI is InChI=1S/C12H16N4O2/c13-10-1-3-14-11(9-10)15-12(17)2-4-16-5-7-18-8-6-16/h1-4,9H,5-8H2,(H3,13,14,15,17). The summed E-state index contributed by atoms with van der Waals surface area (Å²) in [6.07, 6.45) is 4.80. The average molecular weight is 248 g/mol. The van der Waals surface area contributed by atoms with Gasteiger partial charge in [0.25, 0.3) is 5.91 Å². The van der Waals surface area contributed by atoms with E-state index < -0.39 is 0 Å². The Morgan fingerprint density at radius 1 is 1.50 bits per heavy atom. The molecule has 1 saturated heterocycles. The van der Waals surface area contributed by atoms with Crippen molar-refractivity contribution >= 4 is 17.4 Å². The van der Waals surface area contributed by atoms with Gasteiger partial charge in [-0.2, -0.15) is 0 Å². The summed E-state index contributed by atoms with van der Waals surface area (Å²) in [5, 5.41) is 2.65. The number of ether oxygens (including phenoxy) is 1. The fourth-order valence-electron chi connectivity index (χ4n) is 1.58. The summed E-state index contributed by atoms with van der Waals surface area (Å²) in [4.78, 5) is 17.7. The summed E-state index contributed by atoms with van der Waals surface area (Å²) in [7, 11) is 0. The Labute approximate surface area is 105 Å². The molecule has 1 aromatic heterocycles. The van der Waals surface area contributed by atoms with E-state index in [0.29, 0.717) is 24.7 Å². The molecule has 1 aliphatic heterocycles. The van der Waals surface area contributed by atoms with E-state index in [0.717, 1.165) is 13.1 Å². The summed E-state index contributed by atoms with van der Waals surface area (Å²) in [5.41, 5.74) is 6.16. The van der Waals surface area contributed by atoms with Gasteiger partial charge in [0.2, 0.25) is 0 Å². The number of carbonyl (C=O) groups excluding carboxylic acids is 1. The number of anilines is 2. The maximum absolute atomic E-state index is 11.6. The zero-order valence-electron chi connectivity index (χ0n) is 10.0. The Bertz CT molecular complexity index is 441. The van der Waals surface area contributed by atoms with Crippen LogP contribution in [0, 0.1) is 0 Å². The van der Waals surface area contributed by atoms with Crippen molar-refractivity contribution in [2.75, 3.05) is 37.4 Å². The molecule has 6 nitrogen and oxygen atoms in total. The van der Waals surface area contributed by atoms with Gasteiger partial charge in [0.1, 0.15) is 5.82 Å². The van der Waals surface area contributed by atoms with E-state index in [2.05, 4.69) is 10.3 Å². The number of hydrogen-bond donors (Lipinski definition) is 2. The molecular formula is C12H16N4O2. The van der Waals surface area contributed by atoms with E-state index in [4.69, 9.17) is 10.5 Å². The molecule has 2 heterocycles. The number of hydrogen-bond acceptors (Lipinski definition) is 5. The molecule has 1 aromatic rings. The fourth-order valence-corrected chi connectivity index (χ4v) is 1.58.